The van der Waals surface area contributed by atoms with E-state index in [4.69, 9.17) is 5.73 Å². The molecule has 0 bridgehead atoms. The molecule has 0 aliphatic heterocycles. The number of nitrogens with two attached hydrogens (primary N) is 1. The molecular formula is C12H23NO. The second-order valence-corrected chi connectivity index (χ2v) is 4.92. The molecule has 0 spiro atoms. The van der Waals surface area contributed by atoms with Gasteiger partial charge in [-0.15, -0.1) is 0 Å². The van der Waals surface area contributed by atoms with Crippen molar-refractivity contribution in [3.8, 4) is 0 Å². The predicted octanol–water partition coefficient (Wildman–Crippen LogP) is 2.51. The third kappa shape index (κ3) is 4.75. The number of carbonyl (C=O) groups is 1. The van der Waals surface area contributed by atoms with Gasteiger partial charge in [-0.2, -0.15) is 0 Å². The molecule has 2 nitrogen and oxygen atoms in total. The summed E-state index contributed by atoms with van der Waals surface area (Å²) in [6, 6.07) is -0.224. The third-order valence-electron chi connectivity index (χ3n) is 3.26. The molecule has 0 heterocycles. The summed E-state index contributed by atoms with van der Waals surface area (Å²) in [5.74, 6) is 1.89. The smallest absolute Gasteiger partial charge is 0.146 e. The van der Waals surface area contributed by atoms with Gasteiger partial charge in [0, 0.05) is 0 Å². The molecule has 0 aromatic carbocycles. The van der Waals surface area contributed by atoms with Gasteiger partial charge in [0.05, 0.1) is 6.04 Å². The van der Waals surface area contributed by atoms with Crippen molar-refractivity contribution < 1.29 is 4.79 Å². The Hall–Kier alpha value is -0.370. The molecule has 0 aromatic heterocycles. The normalized spacial score (nSPS) is 20.5. The van der Waals surface area contributed by atoms with Crippen molar-refractivity contribution in [2.75, 3.05) is 0 Å². The van der Waals surface area contributed by atoms with Crippen LogP contribution in [0.2, 0.25) is 0 Å². The van der Waals surface area contributed by atoms with E-state index >= 15 is 0 Å². The lowest BCUT2D eigenvalue weighted by Crippen LogP contribution is -2.28. The van der Waals surface area contributed by atoms with Gasteiger partial charge in [0.1, 0.15) is 5.78 Å². The van der Waals surface area contributed by atoms with Crippen molar-refractivity contribution in [3.63, 3.8) is 0 Å². The Morgan fingerprint density at radius 2 is 2.00 bits per heavy atom. The summed E-state index contributed by atoms with van der Waals surface area (Å²) >= 11 is 0. The number of Topliss-reactive ketones (excluding diaryl/α,β-unsaturated/α-hetero) is 1. The van der Waals surface area contributed by atoms with Gasteiger partial charge in [0.2, 0.25) is 0 Å². The maximum absolute atomic E-state index is 10.9. The first-order valence-corrected chi connectivity index (χ1v) is 5.85. The Labute approximate surface area is 87.2 Å². The quantitative estimate of drug-likeness (QED) is 0.681. The van der Waals surface area contributed by atoms with Gasteiger partial charge in [-0.1, -0.05) is 32.6 Å². The van der Waals surface area contributed by atoms with Crippen LogP contribution in [0.25, 0.3) is 0 Å². The lowest BCUT2D eigenvalue weighted by molar-refractivity contribution is -0.118. The minimum atomic E-state index is -0.224. The van der Waals surface area contributed by atoms with Gasteiger partial charge < -0.3 is 5.73 Å². The molecule has 1 fully saturated rings. The van der Waals surface area contributed by atoms with Crippen molar-refractivity contribution in [1.82, 2.24) is 0 Å². The molecule has 0 aromatic rings. The highest BCUT2D eigenvalue weighted by Crippen LogP contribution is 2.35. The van der Waals surface area contributed by atoms with E-state index in [0.29, 0.717) is 0 Å². The van der Waals surface area contributed by atoms with Crippen LogP contribution in [0.3, 0.4) is 0 Å². The second-order valence-electron chi connectivity index (χ2n) is 4.92. The van der Waals surface area contributed by atoms with Gasteiger partial charge in [-0.25, -0.2) is 0 Å². The van der Waals surface area contributed by atoms with Gasteiger partial charge in [-0.05, 0) is 31.6 Å². The summed E-state index contributed by atoms with van der Waals surface area (Å²) in [6.07, 6.45) is 7.56. The molecule has 1 aliphatic carbocycles. The van der Waals surface area contributed by atoms with E-state index in [1.807, 2.05) is 0 Å². The van der Waals surface area contributed by atoms with E-state index in [-0.39, 0.29) is 11.8 Å². The van der Waals surface area contributed by atoms with Crippen LogP contribution in [0.1, 0.15) is 52.4 Å². The van der Waals surface area contributed by atoms with Gasteiger partial charge in [0.15, 0.2) is 0 Å². The molecule has 0 amide bonds. The fraction of sp³-hybridized carbons (Fsp3) is 0.917. The Bertz CT molecular complexity index is 187. The zero-order chi connectivity index (χ0) is 10.6. The molecule has 82 valence electrons. The number of rotatable bonds is 7. The second kappa shape index (κ2) is 5.50. The summed E-state index contributed by atoms with van der Waals surface area (Å²) in [5, 5.41) is 0. The molecular weight excluding hydrogens is 174 g/mol. The van der Waals surface area contributed by atoms with Crippen molar-refractivity contribution in [3.05, 3.63) is 0 Å². The summed E-state index contributed by atoms with van der Waals surface area (Å²) in [7, 11) is 0. The molecule has 1 aliphatic rings. The standard InChI is InChI=1S/C12H23NO/c1-9(3-5-11-6-7-11)4-8-12(13)10(2)14/h9,11-12H,3-8,13H2,1-2H3/t9-,12-/m0/s1. The lowest BCUT2D eigenvalue weighted by Gasteiger charge is -2.13. The van der Waals surface area contributed by atoms with E-state index in [2.05, 4.69) is 6.92 Å². The largest absolute Gasteiger partial charge is 0.322 e. The van der Waals surface area contributed by atoms with Gasteiger partial charge >= 0.3 is 0 Å². The Balaban J connectivity index is 2.01. The predicted molar refractivity (Wildman–Crippen MR) is 59.0 cm³/mol. The van der Waals surface area contributed by atoms with Crippen molar-refractivity contribution in [2.45, 2.75) is 58.4 Å². The first-order chi connectivity index (χ1) is 6.59. The number of hydrogen-bond acceptors (Lipinski definition) is 2. The summed E-state index contributed by atoms with van der Waals surface area (Å²) in [4.78, 5) is 10.9. The minimum Gasteiger partial charge on any atom is -0.322 e. The lowest BCUT2D eigenvalue weighted by atomic mass is 9.95. The van der Waals surface area contributed by atoms with Crippen molar-refractivity contribution in [1.29, 1.82) is 0 Å². The fourth-order valence-corrected chi connectivity index (χ4v) is 1.74. The molecule has 2 N–H and O–H groups in total. The SMILES string of the molecule is CC(=O)[C@@H](N)CC[C@@H](C)CCC1CC1. The van der Waals surface area contributed by atoms with Crippen LogP contribution >= 0.6 is 0 Å². The van der Waals surface area contributed by atoms with Crippen molar-refractivity contribution >= 4 is 5.78 Å². The Morgan fingerprint density at radius 3 is 2.50 bits per heavy atom. The van der Waals surface area contributed by atoms with Crippen LogP contribution in [0.5, 0.6) is 0 Å². The van der Waals surface area contributed by atoms with Crippen LogP contribution in [-0.4, -0.2) is 11.8 Å². The first kappa shape index (κ1) is 11.7. The monoisotopic (exact) mass is 197 g/mol. The highest BCUT2D eigenvalue weighted by molar-refractivity contribution is 5.80. The van der Waals surface area contributed by atoms with Crippen molar-refractivity contribution in [2.24, 2.45) is 17.6 Å². The van der Waals surface area contributed by atoms with E-state index in [1.165, 1.54) is 25.7 Å². The average Bonchev–Trinajstić information content (AvgIpc) is 2.94. The number of carbonyl (C=O) groups excluding carboxylic acids is 1. The third-order valence-corrected chi connectivity index (χ3v) is 3.26. The summed E-state index contributed by atoms with van der Waals surface area (Å²) < 4.78 is 0. The minimum absolute atomic E-state index is 0.124. The molecule has 2 atom stereocenters. The van der Waals surface area contributed by atoms with Gasteiger partial charge in [-0.3, -0.25) is 4.79 Å². The fourth-order valence-electron chi connectivity index (χ4n) is 1.74. The van der Waals surface area contributed by atoms with Crippen LogP contribution in [0, 0.1) is 11.8 Å². The van der Waals surface area contributed by atoms with E-state index < -0.39 is 0 Å². The first-order valence-electron chi connectivity index (χ1n) is 5.85. The molecule has 1 saturated carbocycles. The molecule has 2 heteroatoms. The molecule has 0 unspecified atom stereocenters. The van der Waals surface area contributed by atoms with E-state index in [0.717, 1.165) is 24.7 Å². The van der Waals surface area contributed by atoms with Crippen LogP contribution in [-0.2, 0) is 4.79 Å². The maximum atomic E-state index is 10.9. The topological polar surface area (TPSA) is 43.1 Å². The summed E-state index contributed by atoms with van der Waals surface area (Å²) in [5.41, 5.74) is 5.68. The summed E-state index contributed by atoms with van der Waals surface area (Å²) in [6.45, 7) is 3.86. The Morgan fingerprint density at radius 1 is 1.36 bits per heavy atom. The molecule has 0 radical (unpaired) electrons. The number of hydrogen-bond donors (Lipinski definition) is 1. The molecule has 0 saturated heterocycles. The van der Waals surface area contributed by atoms with Crippen LogP contribution in [0.4, 0.5) is 0 Å². The van der Waals surface area contributed by atoms with E-state index in [9.17, 15) is 4.79 Å². The molecule has 14 heavy (non-hydrogen) atoms. The average molecular weight is 197 g/mol. The highest BCUT2D eigenvalue weighted by atomic mass is 16.1. The number of ketones is 1. The van der Waals surface area contributed by atoms with E-state index in [1.54, 1.807) is 6.92 Å². The maximum Gasteiger partial charge on any atom is 0.146 e. The Kier molecular flexibility index (Phi) is 4.59. The zero-order valence-electron chi connectivity index (χ0n) is 9.46. The molecule has 1 rings (SSSR count). The zero-order valence-corrected chi connectivity index (χ0v) is 9.46. The van der Waals surface area contributed by atoms with Gasteiger partial charge in [0.25, 0.3) is 0 Å². The van der Waals surface area contributed by atoms with Crippen LogP contribution in [0.15, 0.2) is 0 Å². The van der Waals surface area contributed by atoms with Crippen LogP contribution < -0.4 is 5.73 Å². The highest BCUT2D eigenvalue weighted by Gasteiger charge is 2.21.